The maximum atomic E-state index is 6.70. The summed E-state index contributed by atoms with van der Waals surface area (Å²) in [6.45, 7) is 0. The van der Waals surface area contributed by atoms with E-state index >= 15 is 0 Å². The zero-order valence-corrected chi connectivity index (χ0v) is 28.6. The number of para-hydroxylation sites is 3. The van der Waals surface area contributed by atoms with Gasteiger partial charge < -0.3 is 13.9 Å². The average molecular weight is 675 g/mol. The number of aromatic nitrogens is 2. The first-order valence-electron chi connectivity index (χ1n) is 18.2. The molecule has 0 unspecified atom stereocenters. The van der Waals surface area contributed by atoms with E-state index in [9.17, 15) is 0 Å². The summed E-state index contributed by atoms with van der Waals surface area (Å²) in [5.74, 6) is 1.78. The van der Waals surface area contributed by atoms with Crippen LogP contribution < -0.4 is 4.74 Å². The Balaban J connectivity index is 1.09. The number of benzene rings is 9. The zero-order valence-electron chi connectivity index (χ0n) is 28.6. The second-order valence-corrected chi connectivity index (χ2v) is 14.1. The van der Waals surface area contributed by atoms with Crippen LogP contribution in [0.25, 0.3) is 98.8 Å². The number of nitrogens with zero attached hydrogens (tertiary/aromatic N) is 2. The molecule has 1 aliphatic heterocycles. The molecule has 0 bridgehead atoms. The minimum absolute atomic E-state index is 0.879. The largest absolute Gasteiger partial charge is 0.456 e. The normalized spacial score (nSPS) is 12.3. The van der Waals surface area contributed by atoms with Crippen molar-refractivity contribution < 1.29 is 4.74 Å². The molecule has 3 heterocycles. The molecule has 0 saturated heterocycles. The average Bonchev–Trinajstić information content (AvgIpc) is 3.73. The van der Waals surface area contributed by atoms with Crippen LogP contribution in [0, 0.1) is 0 Å². The van der Waals surface area contributed by atoms with E-state index in [1.54, 1.807) is 0 Å². The van der Waals surface area contributed by atoms with Gasteiger partial charge in [0.1, 0.15) is 11.5 Å². The Hall–Kier alpha value is -7.10. The standard InChI is InChI=1S/C50H30N2O/c1-2-14-34(15-3-1)51-44-21-9-7-18-37(44)49-38-19-11-23-48-50(38)41(30-46(49)51)40-29-33(25-27-47(40)53-48)32-24-26-45-39(28-32)36-17-6-8-20-43(36)52(45)42-22-10-13-31-12-4-5-16-35(31)42/h1-30H. The van der Waals surface area contributed by atoms with Crippen LogP contribution in [0.2, 0.25) is 0 Å². The molecule has 53 heavy (non-hydrogen) atoms. The first-order valence-corrected chi connectivity index (χ1v) is 18.2. The van der Waals surface area contributed by atoms with Crippen molar-refractivity contribution in [2.45, 2.75) is 0 Å². The Morgan fingerprint density at radius 1 is 0.340 bits per heavy atom. The molecule has 12 rings (SSSR count). The lowest BCUT2D eigenvalue weighted by molar-refractivity contribution is 0.487. The van der Waals surface area contributed by atoms with Crippen LogP contribution in [0.4, 0.5) is 0 Å². The van der Waals surface area contributed by atoms with Gasteiger partial charge in [-0.05, 0) is 94.2 Å². The van der Waals surface area contributed by atoms with Gasteiger partial charge in [-0.1, -0.05) is 115 Å². The zero-order chi connectivity index (χ0) is 34.6. The second kappa shape index (κ2) is 10.7. The highest BCUT2D eigenvalue weighted by Crippen LogP contribution is 2.51. The van der Waals surface area contributed by atoms with Crippen LogP contribution in [0.15, 0.2) is 182 Å². The minimum Gasteiger partial charge on any atom is -0.456 e. The van der Waals surface area contributed by atoms with Crippen molar-refractivity contribution in [2.24, 2.45) is 0 Å². The molecule has 11 aromatic rings. The molecule has 0 amide bonds. The van der Waals surface area contributed by atoms with Gasteiger partial charge in [0.2, 0.25) is 0 Å². The van der Waals surface area contributed by atoms with E-state index in [1.165, 1.54) is 76.6 Å². The summed E-state index contributed by atoms with van der Waals surface area (Å²) in [6.07, 6.45) is 0. The quantitative estimate of drug-likeness (QED) is 0.183. The Morgan fingerprint density at radius 2 is 1.00 bits per heavy atom. The van der Waals surface area contributed by atoms with Crippen molar-refractivity contribution in [1.29, 1.82) is 0 Å². The van der Waals surface area contributed by atoms with Gasteiger partial charge in [-0.2, -0.15) is 0 Å². The van der Waals surface area contributed by atoms with Crippen molar-refractivity contribution in [3.05, 3.63) is 182 Å². The predicted molar refractivity (Wildman–Crippen MR) is 221 cm³/mol. The summed E-state index contributed by atoms with van der Waals surface area (Å²) < 4.78 is 11.5. The first-order chi connectivity index (χ1) is 26.3. The molecule has 0 aliphatic carbocycles. The van der Waals surface area contributed by atoms with E-state index in [-0.39, 0.29) is 0 Å². The maximum Gasteiger partial charge on any atom is 0.135 e. The number of fused-ring (bicyclic) bond motifs is 10. The van der Waals surface area contributed by atoms with Crippen molar-refractivity contribution in [3.8, 4) is 45.1 Å². The lowest BCUT2D eigenvalue weighted by Crippen LogP contribution is -1.99. The van der Waals surface area contributed by atoms with Gasteiger partial charge in [0, 0.05) is 43.6 Å². The fourth-order valence-electron chi connectivity index (χ4n) is 9.00. The van der Waals surface area contributed by atoms with E-state index in [0.717, 1.165) is 33.7 Å². The second-order valence-electron chi connectivity index (χ2n) is 14.1. The summed E-state index contributed by atoms with van der Waals surface area (Å²) in [7, 11) is 0. The smallest absolute Gasteiger partial charge is 0.135 e. The molecule has 0 fully saturated rings. The van der Waals surface area contributed by atoms with Crippen LogP contribution in [0.5, 0.6) is 11.5 Å². The monoisotopic (exact) mass is 674 g/mol. The minimum atomic E-state index is 0.879. The van der Waals surface area contributed by atoms with Gasteiger partial charge >= 0.3 is 0 Å². The Labute approximate surface area is 305 Å². The molecule has 3 heteroatoms. The Morgan fingerprint density at radius 3 is 1.89 bits per heavy atom. The van der Waals surface area contributed by atoms with E-state index in [0.29, 0.717) is 0 Å². The van der Waals surface area contributed by atoms with E-state index in [1.807, 2.05) is 0 Å². The van der Waals surface area contributed by atoms with Gasteiger partial charge in [-0.3, -0.25) is 0 Å². The van der Waals surface area contributed by atoms with Gasteiger partial charge in [0.25, 0.3) is 0 Å². The van der Waals surface area contributed by atoms with Crippen LogP contribution in [-0.4, -0.2) is 9.13 Å². The molecule has 2 aromatic heterocycles. The van der Waals surface area contributed by atoms with Gasteiger partial charge in [0.15, 0.2) is 0 Å². The van der Waals surface area contributed by atoms with Crippen molar-refractivity contribution in [1.82, 2.24) is 9.13 Å². The highest BCUT2D eigenvalue weighted by atomic mass is 16.5. The lowest BCUT2D eigenvalue weighted by Gasteiger charge is -2.23. The Kier molecular flexibility index (Phi) is 5.77. The Bertz CT molecular complexity index is 3310. The number of rotatable bonds is 3. The number of hydrogen-bond donors (Lipinski definition) is 0. The topological polar surface area (TPSA) is 19.1 Å². The molecule has 9 aromatic carbocycles. The fraction of sp³-hybridized carbons (Fsp3) is 0. The number of hydrogen-bond acceptors (Lipinski definition) is 1. The van der Waals surface area contributed by atoms with Gasteiger partial charge in [0.05, 0.1) is 27.8 Å². The molecule has 0 spiro atoms. The number of ether oxygens (including phenoxy) is 1. The van der Waals surface area contributed by atoms with Crippen LogP contribution in [-0.2, 0) is 0 Å². The van der Waals surface area contributed by atoms with Crippen LogP contribution in [0.3, 0.4) is 0 Å². The van der Waals surface area contributed by atoms with Crippen LogP contribution in [0.1, 0.15) is 0 Å². The first kappa shape index (κ1) is 28.6. The van der Waals surface area contributed by atoms with E-state index in [4.69, 9.17) is 4.74 Å². The molecule has 0 radical (unpaired) electrons. The molecular formula is C50H30N2O. The molecule has 3 nitrogen and oxygen atoms in total. The highest BCUT2D eigenvalue weighted by Gasteiger charge is 2.25. The van der Waals surface area contributed by atoms with Crippen LogP contribution >= 0.6 is 0 Å². The summed E-state index contributed by atoms with van der Waals surface area (Å²) in [4.78, 5) is 0. The lowest BCUT2D eigenvalue weighted by atomic mass is 9.90. The third kappa shape index (κ3) is 3.99. The SMILES string of the molecule is c1ccc(-n2c3ccccc3c3c4cccc5c4c(cc32)-c2cc(-c3ccc4c(c3)c3ccccc3n4-c3cccc4ccccc34)ccc2O5)cc1. The molecule has 1 aliphatic rings. The molecular weight excluding hydrogens is 645 g/mol. The van der Waals surface area contributed by atoms with Crippen molar-refractivity contribution in [3.63, 3.8) is 0 Å². The summed E-state index contributed by atoms with van der Waals surface area (Å²) in [5, 5.41) is 9.82. The highest BCUT2D eigenvalue weighted by molar-refractivity contribution is 6.26. The third-order valence-corrected chi connectivity index (χ3v) is 11.3. The van der Waals surface area contributed by atoms with Crippen molar-refractivity contribution >= 4 is 65.2 Å². The molecule has 0 atom stereocenters. The van der Waals surface area contributed by atoms with Crippen molar-refractivity contribution in [2.75, 3.05) is 0 Å². The molecule has 0 saturated carbocycles. The molecule has 246 valence electrons. The summed E-state index contributed by atoms with van der Waals surface area (Å²) in [5.41, 5.74) is 11.8. The fourth-order valence-corrected chi connectivity index (χ4v) is 9.00. The van der Waals surface area contributed by atoms with E-state index < -0.39 is 0 Å². The predicted octanol–water partition coefficient (Wildman–Crippen LogP) is 13.6. The third-order valence-electron chi connectivity index (χ3n) is 11.3. The maximum absolute atomic E-state index is 6.70. The van der Waals surface area contributed by atoms with E-state index in [2.05, 4.69) is 191 Å². The van der Waals surface area contributed by atoms with Gasteiger partial charge in [-0.25, -0.2) is 0 Å². The molecule has 0 N–H and O–H groups in total. The van der Waals surface area contributed by atoms with Gasteiger partial charge in [-0.15, -0.1) is 0 Å². The summed E-state index contributed by atoms with van der Waals surface area (Å²) in [6, 6.07) is 65.9. The summed E-state index contributed by atoms with van der Waals surface area (Å²) >= 11 is 0.